The minimum atomic E-state index is -0.506. The van der Waals surface area contributed by atoms with Crippen LogP contribution in [0.4, 0.5) is 0 Å². The molecule has 0 fully saturated rings. The average Bonchev–Trinajstić information content (AvgIpc) is 2.35. The smallest absolute Gasteiger partial charge is 0.328 e. The molecule has 4 heteroatoms. The minimum absolute atomic E-state index is 0.121. The molecule has 1 amide bonds. The summed E-state index contributed by atoms with van der Waals surface area (Å²) in [5.41, 5.74) is 0. The molecule has 0 aliphatic carbocycles. The highest BCUT2D eigenvalue weighted by Crippen LogP contribution is 2.15. The monoisotopic (exact) mass is 257 g/mol. The summed E-state index contributed by atoms with van der Waals surface area (Å²) in [7, 11) is 0. The van der Waals surface area contributed by atoms with Crippen LogP contribution in [0.1, 0.15) is 59.3 Å². The van der Waals surface area contributed by atoms with Crippen LogP contribution >= 0.6 is 0 Å². The second kappa shape index (κ2) is 11.1. The Morgan fingerprint density at radius 2 is 1.89 bits per heavy atom. The molecule has 4 nitrogen and oxygen atoms in total. The number of hydrogen-bond acceptors (Lipinski definition) is 3. The van der Waals surface area contributed by atoms with Crippen LogP contribution in [0, 0.1) is 5.92 Å². The maximum Gasteiger partial charge on any atom is 0.328 e. The van der Waals surface area contributed by atoms with E-state index < -0.39 is 6.04 Å². The van der Waals surface area contributed by atoms with Gasteiger partial charge in [0.15, 0.2) is 0 Å². The first-order valence-corrected chi connectivity index (χ1v) is 7.03. The summed E-state index contributed by atoms with van der Waals surface area (Å²) in [5.74, 6) is -0.207. The molecule has 106 valence electrons. The van der Waals surface area contributed by atoms with Crippen molar-refractivity contribution in [3.8, 4) is 0 Å². The largest absolute Gasteiger partial charge is 0.464 e. The van der Waals surface area contributed by atoms with Gasteiger partial charge in [0, 0.05) is 0 Å². The van der Waals surface area contributed by atoms with Crippen LogP contribution in [0.3, 0.4) is 0 Å². The molecule has 0 saturated heterocycles. The average molecular weight is 257 g/mol. The van der Waals surface area contributed by atoms with Crippen molar-refractivity contribution in [3.63, 3.8) is 0 Å². The second-order valence-electron chi connectivity index (χ2n) is 4.69. The van der Waals surface area contributed by atoms with Crippen molar-refractivity contribution in [2.75, 3.05) is 6.61 Å². The Morgan fingerprint density at radius 1 is 1.22 bits per heavy atom. The number of carbonyl (C=O) groups is 2. The molecular weight excluding hydrogens is 230 g/mol. The third-order valence-electron chi connectivity index (χ3n) is 3.12. The SMILES string of the molecule is CCCCCCCC(C)C(NC=O)C(=O)OCC. The standard InChI is InChI=1S/C14H27NO3/c1-4-6-7-8-9-10-12(3)13(15-11-16)14(17)18-5-2/h11-13H,4-10H2,1-3H3,(H,15,16). The first-order chi connectivity index (χ1) is 8.67. The summed E-state index contributed by atoms with van der Waals surface area (Å²) in [4.78, 5) is 22.2. The molecule has 0 spiro atoms. The van der Waals surface area contributed by atoms with E-state index in [1.165, 1.54) is 25.7 Å². The highest BCUT2D eigenvalue weighted by atomic mass is 16.5. The number of amides is 1. The first-order valence-electron chi connectivity index (χ1n) is 7.03. The summed E-state index contributed by atoms with van der Waals surface area (Å²) in [5, 5.41) is 2.56. The van der Waals surface area contributed by atoms with Crippen LogP contribution in [0.15, 0.2) is 0 Å². The van der Waals surface area contributed by atoms with Gasteiger partial charge < -0.3 is 10.1 Å². The molecule has 0 aliphatic rings. The van der Waals surface area contributed by atoms with Gasteiger partial charge in [-0.2, -0.15) is 0 Å². The van der Waals surface area contributed by atoms with E-state index in [1.807, 2.05) is 6.92 Å². The van der Waals surface area contributed by atoms with E-state index in [9.17, 15) is 9.59 Å². The molecular formula is C14H27NO3. The zero-order chi connectivity index (χ0) is 13.8. The van der Waals surface area contributed by atoms with E-state index >= 15 is 0 Å². The van der Waals surface area contributed by atoms with Gasteiger partial charge in [0.25, 0.3) is 0 Å². The fraction of sp³-hybridized carbons (Fsp3) is 0.857. The van der Waals surface area contributed by atoms with Gasteiger partial charge in [-0.15, -0.1) is 0 Å². The minimum Gasteiger partial charge on any atom is -0.464 e. The van der Waals surface area contributed by atoms with Gasteiger partial charge in [0.05, 0.1) is 6.61 Å². The van der Waals surface area contributed by atoms with Crippen molar-refractivity contribution in [1.29, 1.82) is 0 Å². The van der Waals surface area contributed by atoms with E-state index in [-0.39, 0.29) is 11.9 Å². The molecule has 2 atom stereocenters. The zero-order valence-corrected chi connectivity index (χ0v) is 11.9. The lowest BCUT2D eigenvalue weighted by Gasteiger charge is -2.21. The highest BCUT2D eigenvalue weighted by Gasteiger charge is 2.25. The molecule has 0 heterocycles. The van der Waals surface area contributed by atoms with Crippen molar-refractivity contribution >= 4 is 12.4 Å². The van der Waals surface area contributed by atoms with Gasteiger partial charge in [-0.1, -0.05) is 46.0 Å². The molecule has 0 aromatic heterocycles. The van der Waals surface area contributed by atoms with Crippen LogP contribution in [0.5, 0.6) is 0 Å². The lowest BCUT2D eigenvalue weighted by atomic mass is 9.95. The maximum atomic E-state index is 11.7. The molecule has 0 saturated carbocycles. The van der Waals surface area contributed by atoms with E-state index in [0.29, 0.717) is 13.0 Å². The van der Waals surface area contributed by atoms with E-state index in [2.05, 4.69) is 12.2 Å². The topological polar surface area (TPSA) is 55.4 Å². The molecule has 0 rings (SSSR count). The maximum absolute atomic E-state index is 11.7. The summed E-state index contributed by atoms with van der Waals surface area (Å²) >= 11 is 0. The van der Waals surface area contributed by atoms with Crippen LogP contribution < -0.4 is 5.32 Å². The number of carbonyl (C=O) groups excluding carboxylic acids is 2. The molecule has 0 aliphatic heterocycles. The lowest BCUT2D eigenvalue weighted by molar-refractivity contribution is -0.148. The predicted molar refractivity (Wildman–Crippen MR) is 72.2 cm³/mol. The highest BCUT2D eigenvalue weighted by molar-refractivity contribution is 5.78. The van der Waals surface area contributed by atoms with E-state index in [0.717, 1.165) is 12.8 Å². The molecule has 18 heavy (non-hydrogen) atoms. The van der Waals surface area contributed by atoms with Crippen molar-refractivity contribution in [3.05, 3.63) is 0 Å². The third kappa shape index (κ3) is 7.30. The Morgan fingerprint density at radius 3 is 2.44 bits per heavy atom. The number of ether oxygens (including phenoxy) is 1. The quantitative estimate of drug-likeness (QED) is 0.352. The summed E-state index contributed by atoms with van der Waals surface area (Å²) in [6.07, 6.45) is 7.54. The fourth-order valence-corrected chi connectivity index (χ4v) is 2.01. The third-order valence-corrected chi connectivity index (χ3v) is 3.12. The molecule has 0 aromatic carbocycles. The molecule has 2 unspecified atom stereocenters. The van der Waals surface area contributed by atoms with Crippen LogP contribution in [0.25, 0.3) is 0 Å². The zero-order valence-electron chi connectivity index (χ0n) is 11.9. The second-order valence-corrected chi connectivity index (χ2v) is 4.69. The van der Waals surface area contributed by atoms with Gasteiger partial charge >= 0.3 is 5.97 Å². The number of esters is 1. The van der Waals surface area contributed by atoms with Crippen molar-refractivity contribution in [2.24, 2.45) is 5.92 Å². The van der Waals surface area contributed by atoms with Gasteiger partial charge in [0.1, 0.15) is 6.04 Å². The van der Waals surface area contributed by atoms with Crippen molar-refractivity contribution in [1.82, 2.24) is 5.32 Å². The molecule has 1 N–H and O–H groups in total. The molecule has 0 bridgehead atoms. The van der Waals surface area contributed by atoms with Crippen LogP contribution in [0.2, 0.25) is 0 Å². The predicted octanol–water partition coefficient (Wildman–Crippen LogP) is 2.66. The molecule has 0 radical (unpaired) electrons. The van der Waals surface area contributed by atoms with Crippen LogP contribution in [-0.2, 0) is 14.3 Å². The Kier molecular flexibility index (Phi) is 10.4. The summed E-state index contributed by atoms with van der Waals surface area (Å²) in [6.45, 7) is 6.29. The Bertz CT molecular complexity index is 231. The fourth-order valence-electron chi connectivity index (χ4n) is 2.01. The van der Waals surface area contributed by atoms with Crippen LogP contribution in [-0.4, -0.2) is 25.0 Å². The van der Waals surface area contributed by atoms with E-state index in [4.69, 9.17) is 4.74 Å². The molecule has 0 aromatic rings. The number of unbranched alkanes of at least 4 members (excludes halogenated alkanes) is 4. The van der Waals surface area contributed by atoms with E-state index in [1.54, 1.807) is 6.92 Å². The number of rotatable bonds is 11. The first kappa shape index (κ1) is 16.9. The van der Waals surface area contributed by atoms with Gasteiger partial charge in [-0.25, -0.2) is 4.79 Å². The Balaban J connectivity index is 4.01. The lowest BCUT2D eigenvalue weighted by Crippen LogP contribution is -2.42. The Labute approximate surface area is 110 Å². The van der Waals surface area contributed by atoms with Crippen molar-refractivity contribution < 1.29 is 14.3 Å². The number of nitrogens with one attached hydrogen (secondary N) is 1. The number of hydrogen-bond donors (Lipinski definition) is 1. The van der Waals surface area contributed by atoms with Crippen molar-refractivity contribution in [2.45, 2.75) is 65.3 Å². The summed E-state index contributed by atoms with van der Waals surface area (Å²) in [6, 6.07) is -0.506. The normalized spacial score (nSPS) is 13.7. The Hall–Kier alpha value is -1.06. The van der Waals surface area contributed by atoms with Gasteiger partial charge in [-0.3, -0.25) is 4.79 Å². The summed E-state index contributed by atoms with van der Waals surface area (Å²) < 4.78 is 4.96. The van der Waals surface area contributed by atoms with Gasteiger partial charge in [-0.05, 0) is 19.3 Å². The van der Waals surface area contributed by atoms with Gasteiger partial charge in [0.2, 0.25) is 6.41 Å².